The van der Waals surface area contributed by atoms with Crippen LogP contribution >= 0.6 is 31.9 Å². The minimum Gasteiger partial charge on any atom is -0.457 e. The van der Waals surface area contributed by atoms with Gasteiger partial charge in [0, 0.05) is 5.56 Å². The number of hydrogen-bond acceptors (Lipinski definition) is 3. The van der Waals surface area contributed by atoms with E-state index < -0.39 is 35.3 Å². The topological polar surface area (TPSA) is 35.5 Å². The van der Waals surface area contributed by atoms with Gasteiger partial charge in [-0.1, -0.05) is 50.3 Å². The van der Waals surface area contributed by atoms with Gasteiger partial charge < -0.3 is 9.47 Å². The molecule has 1 aliphatic carbocycles. The Hall–Kier alpha value is -2.06. The number of carbonyl (C=O) groups excluding carboxylic acids is 1. The zero-order chi connectivity index (χ0) is 22.8. The van der Waals surface area contributed by atoms with Crippen molar-refractivity contribution in [2.75, 3.05) is 0 Å². The number of allylic oxidation sites excluding steroid dienone is 1. The maximum absolute atomic E-state index is 14.4. The second kappa shape index (κ2) is 9.61. The van der Waals surface area contributed by atoms with E-state index in [1.54, 1.807) is 36.4 Å². The van der Waals surface area contributed by atoms with Gasteiger partial charge in [-0.3, -0.25) is 4.79 Å². The number of hydrogen-bond donors (Lipinski definition) is 0. The van der Waals surface area contributed by atoms with Gasteiger partial charge in [0.2, 0.25) is 5.83 Å². The molecule has 0 aliphatic heterocycles. The van der Waals surface area contributed by atoms with E-state index in [2.05, 4.69) is 31.9 Å². The summed E-state index contributed by atoms with van der Waals surface area (Å²) in [6.07, 6.45) is -2.62. The lowest BCUT2D eigenvalue weighted by atomic mass is 10.1. The van der Waals surface area contributed by atoms with E-state index in [0.29, 0.717) is 14.9 Å². The van der Waals surface area contributed by atoms with Crippen molar-refractivity contribution >= 4 is 37.8 Å². The third kappa shape index (κ3) is 5.60. The summed E-state index contributed by atoms with van der Waals surface area (Å²) in [5, 5.41) is 0. The third-order valence-corrected chi connectivity index (χ3v) is 5.78. The molecule has 3 nitrogen and oxygen atoms in total. The van der Waals surface area contributed by atoms with Crippen LogP contribution in [-0.2, 0) is 9.53 Å². The standard InChI is InChI=1S/C23H19Br2F3O3/c1-23(2)16(12-17(24)25)18(23)22(29)31-20(19(26)21(27)28)13-7-6-10-15(11-13)30-14-8-4-3-5-9-14/h3-12,16,18,20H,1-2H3. The normalized spacial score (nSPS) is 19.7. The minimum atomic E-state index is -2.54. The second-order valence-electron chi connectivity index (χ2n) is 7.69. The van der Waals surface area contributed by atoms with Gasteiger partial charge in [-0.2, -0.15) is 8.78 Å². The van der Waals surface area contributed by atoms with E-state index in [1.165, 1.54) is 18.2 Å². The smallest absolute Gasteiger partial charge is 0.311 e. The first-order valence-electron chi connectivity index (χ1n) is 9.38. The highest BCUT2D eigenvalue weighted by molar-refractivity contribution is 9.28. The molecule has 31 heavy (non-hydrogen) atoms. The first kappa shape index (κ1) is 23.6. The molecule has 3 rings (SSSR count). The maximum Gasteiger partial charge on any atom is 0.311 e. The summed E-state index contributed by atoms with van der Waals surface area (Å²) >= 11 is 6.51. The molecule has 0 bridgehead atoms. The Kier molecular flexibility index (Phi) is 7.31. The lowest BCUT2D eigenvalue weighted by molar-refractivity contribution is -0.151. The van der Waals surface area contributed by atoms with Gasteiger partial charge in [0.25, 0.3) is 0 Å². The SMILES string of the molecule is CC1(C)C(C=C(Br)Br)C1C(=O)OC(C(F)=C(F)F)c1cccc(Oc2ccccc2)c1. The van der Waals surface area contributed by atoms with Crippen molar-refractivity contribution in [2.24, 2.45) is 17.3 Å². The van der Waals surface area contributed by atoms with Gasteiger partial charge in [0.05, 0.1) is 9.31 Å². The Morgan fingerprint density at radius 1 is 1.03 bits per heavy atom. The summed E-state index contributed by atoms with van der Waals surface area (Å²) in [6.45, 7) is 3.71. The zero-order valence-corrected chi connectivity index (χ0v) is 19.8. The molecule has 3 atom stereocenters. The van der Waals surface area contributed by atoms with Crippen molar-refractivity contribution < 1.29 is 27.4 Å². The molecular weight excluding hydrogens is 541 g/mol. The van der Waals surface area contributed by atoms with Crippen LogP contribution in [0.4, 0.5) is 13.2 Å². The van der Waals surface area contributed by atoms with Crippen molar-refractivity contribution in [1.82, 2.24) is 0 Å². The summed E-state index contributed by atoms with van der Waals surface area (Å²) in [6, 6.07) is 14.7. The Morgan fingerprint density at radius 3 is 2.29 bits per heavy atom. The summed E-state index contributed by atoms with van der Waals surface area (Å²) < 4.78 is 52.3. The van der Waals surface area contributed by atoms with Crippen LogP contribution in [0, 0.1) is 17.3 Å². The Labute approximate surface area is 195 Å². The third-order valence-electron chi connectivity index (χ3n) is 5.25. The molecule has 0 spiro atoms. The molecule has 0 aromatic heterocycles. The molecule has 8 heteroatoms. The number of carbonyl (C=O) groups is 1. The quantitative estimate of drug-likeness (QED) is 0.322. The lowest BCUT2D eigenvalue weighted by Crippen LogP contribution is -2.16. The summed E-state index contributed by atoms with van der Waals surface area (Å²) in [7, 11) is 0. The molecule has 0 amide bonds. The van der Waals surface area contributed by atoms with E-state index in [-0.39, 0.29) is 11.5 Å². The fourth-order valence-electron chi connectivity index (χ4n) is 3.50. The van der Waals surface area contributed by atoms with E-state index in [4.69, 9.17) is 9.47 Å². The Morgan fingerprint density at radius 2 is 1.68 bits per heavy atom. The molecule has 164 valence electrons. The Bertz CT molecular complexity index is 1010. The van der Waals surface area contributed by atoms with Crippen LogP contribution < -0.4 is 4.74 Å². The van der Waals surface area contributed by atoms with Gasteiger partial charge in [-0.25, -0.2) is 4.39 Å². The molecule has 0 heterocycles. The number of esters is 1. The fraction of sp³-hybridized carbons (Fsp3) is 0.261. The molecular formula is C23H19Br2F3O3. The van der Waals surface area contributed by atoms with E-state index in [0.717, 1.165) is 0 Å². The van der Waals surface area contributed by atoms with Crippen LogP contribution in [0.1, 0.15) is 25.5 Å². The first-order valence-corrected chi connectivity index (χ1v) is 11.0. The highest BCUT2D eigenvalue weighted by Gasteiger charge is 2.62. The number of halogens is 5. The number of rotatable bonds is 7. The number of ether oxygens (including phenoxy) is 2. The molecule has 2 aromatic rings. The molecule has 1 saturated carbocycles. The van der Waals surface area contributed by atoms with Crippen LogP contribution in [0.2, 0.25) is 0 Å². The van der Waals surface area contributed by atoms with Gasteiger partial charge in [0.15, 0.2) is 6.10 Å². The highest BCUT2D eigenvalue weighted by atomic mass is 79.9. The zero-order valence-electron chi connectivity index (χ0n) is 16.6. The second-order valence-corrected chi connectivity index (χ2v) is 10.5. The molecule has 2 aromatic carbocycles. The Balaban J connectivity index is 1.86. The average Bonchev–Trinajstić information content (AvgIpc) is 3.25. The lowest BCUT2D eigenvalue weighted by Gasteiger charge is -2.18. The van der Waals surface area contributed by atoms with Crippen LogP contribution in [0.3, 0.4) is 0 Å². The van der Waals surface area contributed by atoms with Crippen molar-refractivity contribution in [1.29, 1.82) is 0 Å². The predicted octanol–water partition coefficient (Wildman–Crippen LogP) is 8.04. The van der Waals surface area contributed by atoms with Crippen LogP contribution in [0.15, 0.2) is 76.0 Å². The van der Waals surface area contributed by atoms with E-state index in [9.17, 15) is 18.0 Å². The van der Waals surface area contributed by atoms with Gasteiger partial charge >= 0.3 is 12.0 Å². The number of benzene rings is 2. The fourth-order valence-corrected chi connectivity index (χ4v) is 4.06. The average molecular weight is 560 g/mol. The largest absolute Gasteiger partial charge is 0.457 e. The van der Waals surface area contributed by atoms with Crippen molar-refractivity contribution in [2.45, 2.75) is 20.0 Å². The minimum absolute atomic E-state index is 0.0410. The molecule has 0 N–H and O–H groups in total. The van der Waals surface area contributed by atoms with E-state index >= 15 is 0 Å². The summed E-state index contributed by atoms with van der Waals surface area (Å²) in [4.78, 5) is 12.8. The van der Waals surface area contributed by atoms with Crippen molar-refractivity contribution in [3.8, 4) is 11.5 Å². The van der Waals surface area contributed by atoms with Gasteiger partial charge in [0.1, 0.15) is 11.5 Å². The summed E-state index contributed by atoms with van der Waals surface area (Å²) in [5.74, 6) is -2.49. The molecule has 0 saturated heterocycles. The van der Waals surface area contributed by atoms with E-state index in [1.807, 2.05) is 19.9 Å². The van der Waals surface area contributed by atoms with Crippen LogP contribution in [-0.4, -0.2) is 5.97 Å². The van der Waals surface area contributed by atoms with Crippen molar-refractivity contribution in [3.05, 3.63) is 81.5 Å². The first-order chi connectivity index (χ1) is 14.6. The number of para-hydroxylation sites is 1. The maximum atomic E-state index is 14.4. The van der Waals surface area contributed by atoms with Crippen LogP contribution in [0.5, 0.6) is 11.5 Å². The molecule has 3 unspecified atom stereocenters. The summed E-state index contributed by atoms with van der Waals surface area (Å²) in [5.41, 5.74) is -0.402. The highest BCUT2D eigenvalue weighted by Crippen LogP contribution is 2.60. The van der Waals surface area contributed by atoms with Crippen molar-refractivity contribution in [3.63, 3.8) is 0 Å². The predicted molar refractivity (Wildman–Crippen MR) is 119 cm³/mol. The van der Waals surface area contributed by atoms with Gasteiger partial charge in [-0.15, -0.1) is 0 Å². The molecule has 0 radical (unpaired) electrons. The van der Waals surface area contributed by atoms with Crippen LogP contribution in [0.25, 0.3) is 0 Å². The molecule has 1 fully saturated rings. The van der Waals surface area contributed by atoms with Gasteiger partial charge in [-0.05, 0) is 67.5 Å². The molecule has 1 aliphatic rings. The monoisotopic (exact) mass is 558 g/mol.